The molecule has 2 bridgehead atoms. The SMILES string of the molecule is C[Si](C)(C)C12CCC(C1)C2. The third kappa shape index (κ3) is 0.673. The molecule has 0 N–H and O–H groups in total. The summed E-state index contributed by atoms with van der Waals surface area (Å²) in [6.07, 6.45) is 6.34. The highest BCUT2D eigenvalue weighted by Gasteiger charge is 2.56. The molecule has 1 heteroatoms. The van der Waals surface area contributed by atoms with Crippen LogP contribution in [0.1, 0.15) is 25.7 Å². The van der Waals surface area contributed by atoms with E-state index in [9.17, 15) is 0 Å². The number of fused-ring (bicyclic) bond motifs is 1. The van der Waals surface area contributed by atoms with Crippen LogP contribution in [-0.4, -0.2) is 8.07 Å². The fourth-order valence-electron chi connectivity index (χ4n) is 2.92. The van der Waals surface area contributed by atoms with Crippen LogP contribution in [0.15, 0.2) is 0 Å². The summed E-state index contributed by atoms with van der Waals surface area (Å²) in [4.78, 5) is 0. The molecule has 0 unspecified atom stereocenters. The van der Waals surface area contributed by atoms with Crippen molar-refractivity contribution >= 4 is 8.07 Å². The van der Waals surface area contributed by atoms with Crippen molar-refractivity contribution in [2.24, 2.45) is 5.92 Å². The molecule has 0 atom stereocenters. The molecule has 0 heterocycles. The fraction of sp³-hybridized carbons (Fsp3) is 1.00. The first-order valence-electron chi connectivity index (χ1n) is 4.54. The van der Waals surface area contributed by atoms with Crippen molar-refractivity contribution in [3.63, 3.8) is 0 Å². The maximum atomic E-state index is 2.55. The molecule has 3 aliphatic carbocycles. The molecule has 58 valence electrons. The highest BCUT2D eigenvalue weighted by Crippen LogP contribution is 2.68. The van der Waals surface area contributed by atoms with Crippen molar-refractivity contribution in [1.82, 2.24) is 0 Å². The minimum Gasteiger partial charge on any atom is -0.0691 e. The fourth-order valence-corrected chi connectivity index (χ4v) is 5.62. The van der Waals surface area contributed by atoms with Gasteiger partial charge in [0.1, 0.15) is 0 Å². The molecular weight excluding hydrogens is 136 g/mol. The Balaban J connectivity index is 2.18. The molecule has 0 saturated heterocycles. The predicted octanol–water partition coefficient (Wildman–Crippen LogP) is 3.27. The number of hydrogen-bond acceptors (Lipinski definition) is 0. The van der Waals surface area contributed by atoms with Crippen molar-refractivity contribution in [3.8, 4) is 0 Å². The van der Waals surface area contributed by atoms with Gasteiger partial charge in [0.2, 0.25) is 0 Å². The van der Waals surface area contributed by atoms with E-state index in [1.165, 1.54) is 0 Å². The van der Waals surface area contributed by atoms with Crippen LogP contribution >= 0.6 is 0 Å². The first-order valence-corrected chi connectivity index (χ1v) is 8.04. The Kier molecular flexibility index (Phi) is 1.16. The smallest absolute Gasteiger partial charge is 0.0505 e. The summed E-state index contributed by atoms with van der Waals surface area (Å²) in [6.45, 7) is 7.65. The van der Waals surface area contributed by atoms with Crippen molar-refractivity contribution in [2.75, 3.05) is 0 Å². The van der Waals surface area contributed by atoms with Crippen LogP contribution in [0.4, 0.5) is 0 Å². The Hall–Kier alpha value is 0.217. The molecule has 0 aromatic rings. The zero-order valence-electron chi connectivity index (χ0n) is 7.41. The highest BCUT2D eigenvalue weighted by atomic mass is 28.3. The standard InChI is InChI=1S/C9H18Si/c1-10(2,3)9-5-4-8(6-9)7-9/h8H,4-7H2,1-3H3. The van der Waals surface area contributed by atoms with Gasteiger partial charge >= 0.3 is 0 Å². The topological polar surface area (TPSA) is 0 Å². The van der Waals surface area contributed by atoms with Gasteiger partial charge in [-0.1, -0.05) is 26.1 Å². The Bertz CT molecular complexity index is 143. The Morgan fingerprint density at radius 3 is 2.00 bits per heavy atom. The largest absolute Gasteiger partial charge is 0.0691 e. The van der Waals surface area contributed by atoms with E-state index in [-0.39, 0.29) is 0 Å². The van der Waals surface area contributed by atoms with E-state index < -0.39 is 8.07 Å². The molecule has 0 nitrogen and oxygen atoms in total. The molecule has 3 aliphatic rings. The van der Waals surface area contributed by atoms with Crippen LogP contribution in [0.25, 0.3) is 0 Å². The van der Waals surface area contributed by atoms with Gasteiger partial charge < -0.3 is 0 Å². The van der Waals surface area contributed by atoms with Gasteiger partial charge in [0.05, 0.1) is 8.07 Å². The summed E-state index contributed by atoms with van der Waals surface area (Å²) in [5, 5.41) is 0.914. The van der Waals surface area contributed by atoms with Gasteiger partial charge in [-0.05, 0) is 30.2 Å². The number of rotatable bonds is 1. The van der Waals surface area contributed by atoms with Gasteiger partial charge in [-0.15, -0.1) is 0 Å². The van der Waals surface area contributed by atoms with Crippen molar-refractivity contribution < 1.29 is 0 Å². The van der Waals surface area contributed by atoms with E-state index >= 15 is 0 Å². The Labute approximate surface area is 65.0 Å². The summed E-state index contributed by atoms with van der Waals surface area (Å²) in [6, 6.07) is 0. The molecule has 10 heavy (non-hydrogen) atoms. The summed E-state index contributed by atoms with van der Waals surface area (Å²) in [5.74, 6) is 1.16. The second-order valence-electron chi connectivity index (χ2n) is 5.34. The van der Waals surface area contributed by atoms with Crippen molar-refractivity contribution in [3.05, 3.63) is 0 Å². The minimum absolute atomic E-state index is 0.782. The second kappa shape index (κ2) is 1.69. The van der Waals surface area contributed by atoms with Crippen molar-refractivity contribution in [2.45, 2.75) is 50.4 Å². The molecular formula is C9H18Si. The molecule has 0 aliphatic heterocycles. The van der Waals surface area contributed by atoms with Crippen LogP contribution in [-0.2, 0) is 0 Å². The lowest BCUT2D eigenvalue weighted by Gasteiger charge is -2.48. The van der Waals surface area contributed by atoms with Gasteiger partial charge in [0, 0.05) is 0 Å². The normalized spacial score (nSPS) is 45.3. The van der Waals surface area contributed by atoms with E-state index in [0.29, 0.717) is 0 Å². The zero-order chi connectivity index (χ0) is 7.41. The summed E-state index contributed by atoms with van der Waals surface area (Å²) in [5.41, 5.74) is 0. The molecule has 0 radical (unpaired) electrons. The van der Waals surface area contributed by atoms with E-state index in [4.69, 9.17) is 0 Å². The molecule has 0 amide bonds. The zero-order valence-corrected chi connectivity index (χ0v) is 8.41. The second-order valence-corrected chi connectivity index (χ2v) is 10.9. The lowest BCUT2D eigenvalue weighted by molar-refractivity contribution is 0.309. The molecule has 3 fully saturated rings. The van der Waals surface area contributed by atoms with Gasteiger partial charge in [-0.2, -0.15) is 0 Å². The summed E-state index contributed by atoms with van der Waals surface area (Å²) >= 11 is 0. The van der Waals surface area contributed by atoms with Crippen LogP contribution in [0, 0.1) is 5.92 Å². The first kappa shape index (κ1) is 6.90. The van der Waals surface area contributed by atoms with E-state index in [0.717, 1.165) is 11.0 Å². The first-order chi connectivity index (χ1) is 4.54. The van der Waals surface area contributed by atoms with Gasteiger partial charge in [-0.25, -0.2) is 0 Å². The van der Waals surface area contributed by atoms with E-state index in [2.05, 4.69) is 19.6 Å². The molecule has 0 aromatic carbocycles. The van der Waals surface area contributed by atoms with Gasteiger partial charge in [-0.3, -0.25) is 0 Å². The monoisotopic (exact) mass is 154 g/mol. The number of hydrogen-bond donors (Lipinski definition) is 0. The third-order valence-electron chi connectivity index (χ3n) is 3.98. The third-order valence-corrected chi connectivity index (χ3v) is 7.82. The average Bonchev–Trinajstić information content (AvgIpc) is 2.08. The quantitative estimate of drug-likeness (QED) is 0.509. The Morgan fingerprint density at radius 2 is 1.80 bits per heavy atom. The van der Waals surface area contributed by atoms with E-state index in [1.54, 1.807) is 25.7 Å². The van der Waals surface area contributed by atoms with Crippen LogP contribution in [0.2, 0.25) is 24.7 Å². The molecule has 0 aromatic heterocycles. The van der Waals surface area contributed by atoms with Crippen LogP contribution in [0.5, 0.6) is 0 Å². The maximum Gasteiger partial charge on any atom is 0.0505 e. The predicted molar refractivity (Wildman–Crippen MR) is 48.0 cm³/mol. The van der Waals surface area contributed by atoms with Crippen LogP contribution < -0.4 is 0 Å². The van der Waals surface area contributed by atoms with Gasteiger partial charge in [0.25, 0.3) is 0 Å². The Morgan fingerprint density at radius 1 is 1.20 bits per heavy atom. The highest BCUT2D eigenvalue weighted by molar-refractivity contribution is 6.79. The van der Waals surface area contributed by atoms with Crippen molar-refractivity contribution in [1.29, 1.82) is 0 Å². The van der Waals surface area contributed by atoms with E-state index in [1.807, 2.05) is 0 Å². The maximum absolute atomic E-state index is 2.55. The van der Waals surface area contributed by atoms with Gasteiger partial charge in [0.15, 0.2) is 0 Å². The molecule has 3 saturated carbocycles. The minimum atomic E-state index is -0.782. The lowest BCUT2D eigenvalue weighted by Crippen LogP contribution is -2.42. The lowest BCUT2D eigenvalue weighted by atomic mass is 9.83. The summed E-state index contributed by atoms with van der Waals surface area (Å²) < 4.78 is 0. The molecule has 3 rings (SSSR count). The van der Waals surface area contributed by atoms with Crippen LogP contribution in [0.3, 0.4) is 0 Å². The molecule has 0 spiro atoms. The average molecular weight is 154 g/mol. The summed E-state index contributed by atoms with van der Waals surface area (Å²) in [7, 11) is -0.782.